The van der Waals surface area contributed by atoms with Gasteiger partial charge >= 0.3 is 5.97 Å². The van der Waals surface area contributed by atoms with Gasteiger partial charge in [0.1, 0.15) is 19.3 Å². The maximum atomic E-state index is 13.6. The molecule has 0 aromatic rings. The molecule has 10 heteroatoms. The summed E-state index contributed by atoms with van der Waals surface area (Å²) in [6.45, 7) is 6.76. The highest BCUT2D eigenvalue weighted by Crippen LogP contribution is 2.38. The van der Waals surface area contributed by atoms with Crippen molar-refractivity contribution in [3.8, 4) is 0 Å². The van der Waals surface area contributed by atoms with Gasteiger partial charge in [-0.15, -0.1) is 0 Å². The molecule has 1 amide bonds. The van der Waals surface area contributed by atoms with E-state index in [2.05, 4.69) is 99.0 Å². The molecule has 1 N–H and O–H groups in total. The number of carbonyl (C=O) groups excluding carboxylic acids is 2. The van der Waals surface area contributed by atoms with E-state index in [4.69, 9.17) is 13.8 Å². The van der Waals surface area contributed by atoms with Crippen LogP contribution in [-0.2, 0) is 27.9 Å². The summed E-state index contributed by atoms with van der Waals surface area (Å²) in [5.41, 5.74) is 0. The Morgan fingerprint density at radius 2 is 0.727 bits per heavy atom. The average Bonchev–Trinajstić information content (AvgIpc) is 3.71. The Morgan fingerprint density at radius 3 is 1.10 bits per heavy atom. The number of phosphoric ester groups is 1. The van der Waals surface area contributed by atoms with Gasteiger partial charge in [0.05, 0.1) is 33.8 Å². The summed E-state index contributed by atoms with van der Waals surface area (Å²) in [4.78, 5) is 40.3. The lowest BCUT2D eigenvalue weighted by Gasteiger charge is -2.30. The number of likely N-dealkylation sites (N-methyl/N-ethyl adjacent to an activating group) is 1. The molecule has 0 aromatic carbocycles. The molecule has 0 aliphatic rings. The number of unbranched alkanes of at least 4 members (excludes halogenated alkanes) is 40. The van der Waals surface area contributed by atoms with E-state index in [1.807, 2.05) is 33.3 Å². The first-order valence-electron chi connectivity index (χ1n) is 37.4. The topological polar surface area (TPSA) is 114 Å². The number of phosphoric acid groups is 1. The molecule has 512 valence electrons. The monoisotopic (exact) mass is 1250 g/mol. The molecular formula is C78H143N2O7P. The van der Waals surface area contributed by atoms with Gasteiger partial charge in [0, 0.05) is 12.8 Å². The number of quaternary nitrogens is 1. The van der Waals surface area contributed by atoms with Crippen LogP contribution in [0.4, 0.5) is 0 Å². The van der Waals surface area contributed by atoms with Crippen molar-refractivity contribution in [1.29, 1.82) is 0 Å². The quantitative estimate of drug-likeness (QED) is 0.0212. The molecule has 3 unspecified atom stereocenters. The fourth-order valence-electron chi connectivity index (χ4n) is 10.8. The van der Waals surface area contributed by atoms with Crippen LogP contribution in [0.2, 0.25) is 0 Å². The van der Waals surface area contributed by atoms with Crippen molar-refractivity contribution in [2.45, 2.75) is 360 Å². The largest absolute Gasteiger partial charge is 0.756 e. The SMILES string of the molecule is CC/C=C\C/C=C\C/C=C\C/C=C\C/C=C\CCCCCCCCCCCC(=O)NC(COP(=O)([O-])OCC[N+](C)(C)C)C(/C=C/CCCCCCCCCCCC)OC(=O)CCCCCCCCCCCCCCCCC/C=C/CCCCCCCC. The molecule has 0 fully saturated rings. The standard InChI is InChI=1S/C78H143N2O7P/c1-7-10-13-16-19-22-25-28-30-32-34-36-38-40-42-44-46-48-50-52-55-58-61-64-67-70-77(81)79-75(74-86-88(83,84)85-73-72-80(4,5)6)76(69-66-63-60-57-54-27-24-21-18-15-12-9-3)87-78(82)71-68-65-62-59-56-53-51-49-47-45-43-41-39-37-35-33-31-29-26-23-20-17-14-11-8-2/h10,13,19,22,28-31,34,36,40,42,66,69,75-76H,7-9,11-12,14-18,20-21,23-27,32-33,35,37-39,41,43-65,67-68,70-74H2,1-6H3,(H-,79,81,83,84)/b13-10-,22-19-,30-28-,31-29+,36-34-,42-40-,69-66+. The maximum absolute atomic E-state index is 13.6. The Labute approximate surface area is 546 Å². The summed E-state index contributed by atoms with van der Waals surface area (Å²) >= 11 is 0. The average molecular weight is 1250 g/mol. The first-order chi connectivity index (χ1) is 42.9. The molecule has 3 atom stereocenters. The summed E-state index contributed by atoms with van der Waals surface area (Å²) in [6.07, 6.45) is 90.0. The third-order valence-electron chi connectivity index (χ3n) is 16.6. The molecule has 9 nitrogen and oxygen atoms in total. The fourth-order valence-corrected chi connectivity index (χ4v) is 11.6. The van der Waals surface area contributed by atoms with Gasteiger partial charge in [0.15, 0.2) is 0 Å². The maximum Gasteiger partial charge on any atom is 0.306 e. The summed E-state index contributed by atoms with van der Waals surface area (Å²) in [5.74, 6) is -0.538. The van der Waals surface area contributed by atoms with Crippen molar-refractivity contribution in [2.24, 2.45) is 0 Å². The van der Waals surface area contributed by atoms with Crippen LogP contribution in [0.1, 0.15) is 348 Å². The highest BCUT2D eigenvalue weighted by molar-refractivity contribution is 7.45. The Hall–Kier alpha value is -2.81. The smallest absolute Gasteiger partial charge is 0.306 e. The predicted octanol–water partition coefficient (Wildman–Crippen LogP) is 23.4. The number of allylic oxidation sites excluding steroid dienone is 13. The third kappa shape index (κ3) is 67.6. The highest BCUT2D eigenvalue weighted by Gasteiger charge is 2.27. The molecule has 0 aliphatic carbocycles. The van der Waals surface area contributed by atoms with Gasteiger partial charge in [-0.2, -0.15) is 0 Å². The Morgan fingerprint density at radius 1 is 0.409 bits per heavy atom. The number of hydrogen-bond acceptors (Lipinski definition) is 7. The molecule has 0 bridgehead atoms. The Balaban J connectivity index is 5.01. The molecule has 0 saturated carbocycles. The van der Waals surface area contributed by atoms with Crippen molar-refractivity contribution in [3.05, 3.63) is 85.1 Å². The number of rotatable bonds is 68. The van der Waals surface area contributed by atoms with Crippen LogP contribution < -0.4 is 10.2 Å². The molecule has 0 heterocycles. The summed E-state index contributed by atoms with van der Waals surface area (Å²) in [5, 5.41) is 3.05. The van der Waals surface area contributed by atoms with Crippen LogP contribution in [-0.4, -0.2) is 69.4 Å². The van der Waals surface area contributed by atoms with Crippen molar-refractivity contribution >= 4 is 19.7 Å². The van der Waals surface area contributed by atoms with E-state index >= 15 is 0 Å². The number of carbonyl (C=O) groups is 2. The van der Waals surface area contributed by atoms with Crippen molar-refractivity contribution in [1.82, 2.24) is 5.32 Å². The summed E-state index contributed by atoms with van der Waals surface area (Å²) in [7, 11) is 1.18. The van der Waals surface area contributed by atoms with E-state index in [1.165, 1.54) is 212 Å². The molecular weight excluding hydrogens is 1110 g/mol. The summed E-state index contributed by atoms with van der Waals surface area (Å²) < 4.78 is 30.5. The minimum atomic E-state index is -4.71. The van der Waals surface area contributed by atoms with Crippen molar-refractivity contribution < 1.29 is 37.3 Å². The van der Waals surface area contributed by atoms with E-state index in [-0.39, 0.29) is 24.9 Å². The highest BCUT2D eigenvalue weighted by atomic mass is 31.2. The second-order valence-corrected chi connectivity index (χ2v) is 27.8. The zero-order chi connectivity index (χ0) is 64.2. The minimum Gasteiger partial charge on any atom is -0.756 e. The molecule has 0 saturated heterocycles. The zero-order valence-corrected chi connectivity index (χ0v) is 59.6. The minimum absolute atomic E-state index is 0.0252. The number of ether oxygens (including phenoxy) is 1. The van der Waals surface area contributed by atoms with Crippen molar-refractivity contribution in [3.63, 3.8) is 0 Å². The zero-order valence-electron chi connectivity index (χ0n) is 58.7. The first-order valence-corrected chi connectivity index (χ1v) is 38.9. The summed E-state index contributed by atoms with van der Waals surface area (Å²) in [6, 6.07) is -0.896. The van der Waals surface area contributed by atoms with Crippen molar-refractivity contribution in [2.75, 3.05) is 40.9 Å². The number of nitrogens with zero attached hydrogens (tertiary/aromatic N) is 1. The van der Waals surface area contributed by atoms with Gasteiger partial charge in [0.25, 0.3) is 7.82 Å². The normalized spacial score (nSPS) is 13.9. The number of hydrogen-bond donors (Lipinski definition) is 1. The van der Waals surface area contributed by atoms with E-state index < -0.39 is 26.6 Å². The van der Waals surface area contributed by atoms with E-state index in [0.29, 0.717) is 17.4 Å². The Bertz CT molecular complexity index is 1780. The van der Waals surface area contributed by atoms with Crippen LogP contribution in [0.25, 0.3) is 0 Å². The van der Waals surface area contributed by atoms with Gasteiger partial charge in [-0.1, -0.05) is 318 Å². The van der Waals surface area contributed by atoms with Crippen LogP contribution in [0.5, 0.6) is 0 Å². The fraction of sp³-hybridized carbons (Fsp3) is 0.795. The third-order valence-corrected chi connectivity index (χ3v) is 17.5. The second-order valence-electron chi connectivity index (χ2n) is 26.4. The molecule has 0 radical (unpaired) electrons. The van der Waals surface area contributed by atoms with E-state index in [9.17, 15) is 19.0 Å². The number of nitrogens with one attached hydrogen (secondary N) is 1. The molecule has 0 spiro atoms. The van der Waals surface area contributed by atoms with Crippen LogP contribution >= 0.6 is 7.82 Å². The van der Waals surface area contributed by atoms with Gasteiger partial charge in [-0.25, -0.2) is 0 Å². The first kappa shape index (κ1) is 85.2. The number of amides is 1. The lowest BCUT2D eigenvalue weighted by atomic mass is 10.0. The van der Waals surface area contributed by atoms with Crippen LogP contribution in [0.15, 0.2) is 85.1 Å². The second kappa shape index (κ2) is 67.1. The molecule has 0 aliphatic heterocycles. The van der Waals surface area contributed by atoms with Gasteiger partial charge in [-0.05, 0) is 102 Å². The lowest BCUT2D eigenvalue weighted by Crippen LogP contribution is -2.47. The molecule has 88 heavy (non-hydrogen) atoms. The lowest BCUT2D eigenvalue weighted by molar-refractivity contribution is -0.870. The Kier molecular flexibility index (Phi) is 64.9. The predicted molar refractivity (Wildman–Crippen MR) is 381 cm³/mol. The van der Waals surface area contributed by atoms with E-state index in [0.717, 1.165) is 103 Å². The van der Waals surface area contributed by atoms with Crippen LogP contribution in [0, 0.1) is 0 Å². The van der Waals surface area contributed by atoms with Gasteiger partial charge in [0.2, 0.25) is 5.91 Å². The molecule has 0 aromatic heterocycles. The van der Waals surface area contributed by atoms with Gasteiger partial charge < -0.3 is 28.5 Å². The molecule has 0 rings (SSSR count). The van der Waals surface area contributed by atoms with Crippen LogP contribution in [0.3, 0.4) is 0 Å². The van der Waals surface area contributed by atoms with Gasteiger partial charge in [-0.3, -0.25) is 14.2 Å². The van der Waals surface area contributed by atoms with E-state index in [1.54, 1.807) is 0 Å². The number of esters is 1.